The lowest BCUT2D eigenvalue weighted by atomic mass is 9.75. The van der Waals surface area contributed by atoms with Crippen molar-refractivity contribution in [2.24, 2.45) is 5.41 Å². The first kappa shape index (κ1) is 17.9. The Morgan fingerprint density at radius 2 is 1.88 bits per heavy atom. The maximum absolute atomic E-state index is 14.2. The van der Waals surface area contributed by atoms with Crippen molar-refractivity contribution in [3.05, 3.63) is 59.4 Å². The Bertz CT molecular complexity index is 905. The third-order valence-electron chi connectivity index (χ3n) is 4.80. The van der Waals surface area contributed by atoms with Crippen LogP contribution in [0.25, 0.3) is 0 Å². The van der Waals surface area contributed by atoms with Crippen LogP contribution in [-0.2, 0) is 9.84 Å². The van der Waals surface area contributed by atoms with Crippen LogP contribution >= 0.6 is 0 Å². The molecule has 0 unspecified atom stereocenters. The van der Waals surface area contributed by atoms with Crippen molar-refractivity contribution in [2.75, 3.05) is 12.9 Å². The first-order valence-corrected chi connectivity index (χ1v) is 9.66. The zero-order valence-corrected chi connectivity index (χ0v) is 15.2. The largest absolute Gasteiger partial charge is 0.494 e. The second kappa shape index (κ2) is 6.11. The van der Waals surface area contributed by atoms with Gasteiger partial charge in [0.05, 0.1) is 23.9 Å². The van der Waals surface area contributed by atoms with Gasteiger partial charge in [0.2, 0.25) is 0 Å². The van der Waals surface area contributed by atoms with Gasteiger partial charge < -0.3 is 9.84 Å². The van der Waals surface area contributed by atoms with Crippen LogP contribution in [0.1, 0.15) is 30.9 Å². The summed E-state index contributed by atoms with van der Waals surface area (Å²) in [7, 11) is -2.18. The molecule has 0 aliphatic carbocycles. The van der Waals surface area contributed by atoms with E-state index in [-0.39, 0.29) is 16.4 Å². The number of aliphatic hydroxyl groups is 1. The van der Waals surface area contributed by atoms with Gasteiger partial charge >= 0.3 is 0 Å². The Hall–Kier alpha value is -1.92. The molecule has 0 saturated carbocycles. The molecule has 2 atom stereocenters. The lowest BCUT2D eigenvalue weighted by molar-refractivity contribution is 0.0520. The Morgan fingerprint density at radius 1 is 1.20 bits per heavy atom. The molecule has 0 amide bonds. The van der Waals surface area contributed by atoms with Crippen LogP contribution in [0.2, 0.25) is 0 Å². The quantitative estimate of drug-likeness (QED) is 0.889. The number of halogens is 1. The molecule has 0 fully saturated rings. The Morgan fingerprint density at radius 3 is 2.52 bits per heavy atom. The third kappa shape index (κ3) is 3.04. The summed E-state index contributed by atoms with van der Waals surface area (Å²) in [5.74, 6) is -1.27. The molecule has 1 aliphatic rings. The molecule has 0 bridgehead atoms. The summed E-state index contributed by atoms with van der Waals surface area (Å²) in [6, 6.07) is 11.1. The lowest BCUT2D eigenvalue weighted by Crippen LogP contribution is -2.38. The molecule has 4 nitrogen and oxygen atoms in total. The van der Waals surface area contributed by atoms with Crippen LogP contribution in [0, 0.1) is 11.2 Å². The average molecular weight is 364 g/mol. The molecular formula is C19H21FO4S. The minimum absolute atomic E-state index is 0.104. The highest BCUT2D eigenvalue weighted by Gasteiger charge is 2.44. The van der Waals surface area contributed by atoms with E-state index in [9.17, 15) is 17.9 Å². The van der Waals surface area contributed by atoms with Crippen LogP contribution in [0.3, 0.4) is 0 Å². The van der Waals surface area contributed by atoms with Gasteiger partial charge in [0.25, 0.3) is 0 Å². The smallest absolute Gasteiger partial charge is 0.179 e. The number of hydrogen-bond donors (Lipinski definition) is 1. The van der Waals surface area contributed by atoms with E-state index >= 15 is 0 Å². The van der Waals surface area contributed by atoms with Gasteiger partial charge in [-0.15, -0.1) is 0 Å². The summed E-state index contributed by atoms with van der Waals surface area (Å²) in [5, 5.41) is 11.0. The van der Waals surface area contributed by atoms with E-state index in [1.807, 2.05) is 0 Å². The number of ether oxygens (including phenoxy) is 1. The Balaban J connectivity index is 2.27. The molecule has 6 heteroatoms. The summed E-state index contributed by atoms with van der Waals surface area (Å²) >= 11 is 0. The molecule has 3 rings (SSSR count). The molecular weight excluding hydrogens is 343 g/mol. The van der Waals surface area contributed by atoms with Gasteiger partial charge in [-0.25, -0.2) is 12.8 Å². The Labute approximate surface area is 147 Å². The van der Waals surface area contributed by atoms with E-state index in [4.69, 9.17) is 4.74 Å². The number of sulfone groups is 1. The molecule has 2 aromatic rings. The SMILES string of the molecule is COc1ccc([C@@H]2c3ccccc3S(=O)(=O)CC(C)(C)[C@@H]2O)cc1F. The number of benzene rings is 2. The molecule has 25 heavy (non-hydrogen) atoms. The normalized spacial score (nSPS) is 24.2. The van der Waals surface area contributed by atoms with Crippen LogP contribution in [0.15, 0.2) is 47.4 Å². The number of aliphatic hydroxyl groups excluding tert-OH is 1. The third-order valence-corrected chi connectivity index (χ3v) is 6.97. The molecule has 0 saturated heterocycles. The zero-order valence-electron chi connectivity index (χ0n) is 14.4. The molecule has 0 spiro atoms. The summed E-state index contributed by atoms with van der Waals surface area (Å²) in [6.07, 6.45) is -0.987. The fourth-order valence-electron chi connectivity index (χ4n) is 3.53. The predicted molar refractivity (Wildman–Crippen MR) is 93.1 cm³/mol. The summed E-state index contributed by atoms with van der Waals surface area (Å²) in [5.41, 5.74) is 0.118. The topological polar surface area (TPSA) is 63.6 Å². The van der Waals surface area contributed by atoms with Crippen molar-refractivity contribution < 1.29 is 22.7 Å². The van der Waals surface area contributed by atoms with Gasteiger partial charge in [-0.2, -0.15) is 0 Å². The lowest BCUT2D eigenvalue weighted by Gasteiger charge is -2.33. The van der Waals surface area contributed by atoms with Crippen LogP contribution < -0.4 is 4.74 Å². The standard InChI is InChI=1S/C19H21FO4S/c1-19(2)11-25(22,23)16-7-5-4-6-13(16)17(18(19)21)12-8-9-15(24-3)14(20)10-12/h4-10,17-18,21H,11H2,1-3H3/t17-,18-/m1/s1. The molecule has 1 aliphatic heterocycles. The van der Waals surface area contributed by atoms with Gasteiger partial charge in [-0.3, -0.25) is 0 Å². The van der Waals surface area contributed by atoms with Gasteiger partial charge in [0.15, 0.2) is 21.4 Å². The molecule has 2 aromatic carbocycles. The summed E-state index contributed by atoms with van der Waals surface area (Å²) < 4.78 is 44.8. The van der Waals surface area contributed by atoms with E-state index in [1.165, 1.54) is 19.2 Å². The predicted octanol–water partition coefficient (Wildman–Crippen LogP) is 3.14. The highest BCUT2D eigenvalue weighted by molar-refractivity contribution is 7.91. The van der Waals surface area contributed by atoms with Crippen LogP contribution in [-0.4, -0.2) is 32.5 Å². The van der Waals surface area contributed by atoms with E-state index in [0.717, 1.165) is 0 Å². The van der Waals surface area contributed by atoms with Crippen molar-refractivity contribution in [2.45, 2.75) is 30.8 Å². The average Bonchev–Trinajstić information content (AvgIpc) is 2.59. The van der Waals surface area contributed by atoms with Crippen molar-refractivity contribution in [1.29, 1.82) is 0 Å². The molecule has 0 aromatic heterocycles. The minimum atomic E-state index is -3.56. The summed E-state index contributed by atoms with van der Waals surface area (Å²) in [6.45, 7) is 3.43. The summed E-state index contributed by atoms with van der Waals surface area (Å²) in [4.78, 5) is 0.195. The van der Waals surface area contributed by atoms with E-state index in [1.54, 1.807) is 44.2 Å². The van der Waals surface area contributed by atoms with Crippen LogP contribution in [0.4, 0.5) is 4.39 Å². The molecule has 1 N–H and O–H groups in total. The maximum Gasteiger partial charge on any atom is 0.179 e. The van der Waals surface area contributed by atoms with Crippen molar-refractivity contribution >= 4 is 9.84 Å². The minimum Gasteiger partial charge on any atom is -0.494 e. The second-order valence-corrected chi connectivity index (χ2v) is 9.06. The zero-order chi connectivity index (χ0) is 18.4. The van der Waals surface area contributed by atoms with Gasteiger partial charge in [-0.05, 0) is 29.3 Å². The van der Waals surface area contributed by atoms with E-state index in [0.29, 0.717) is 11.1 Å². The van der Waals surface area contributed by atoms with Crippen molar-refractivity contribution in [1.82, 2.24) is 0 Å². The van der Waals surface area contributed by atoms with Crippen molar-refractivity contribution in [3.8, 4) is 5.75 Å². The number of hydrogen-bond acceptors (Lipinski definition) is 4. The fraction of sp³-hybridized carbons (Fsp3) is 0.368. The first-order chi connectivity index (χ1) is 11.7. The maximum atomic E-state index is 14.2. The number of methoxy groups -OCH3 is 1. The van der Waals surface area contributed by atoms with E-state index in [2.05, 4.69) is 0 Å². The van der Waals surface area contributed by atoms with Gasteiger partial charge in [0, 0.05) is 11.3 Å². The monoisotopic (exact) mass is 364 g/mol. The number of fused-ring (bicyclic) bond motifs is 1. The second-order valence-electron chi connectivity index (χ2n) is 7.10. The fourth-order valence-corrected chi connectivity index (χ4v) is 5.68. The van der Waals surface area contributed by atoms with Crippen molar-refractivity contribution in [3.63, 3.8) is 0 Å². The molecule has 1 heterocycles. The Kier molecular flexibility index (Phi) is 4.37. The van der Waals surface area contributed by atoms with Gasteiger partial charge in [0.1, 0.15) is 0 Å². The van der Waals surface area contributed by atoms with Crippen LogP contribution in [0.5, 0.6) is 5.75 Å². The van der Waals surface area contributed by atoms with E-state index < -0.39 is 33.1 Å². The molecule has 134 valence electrons. The first-order valence-electron chi connectivity index (χ1n) is 8.00. The van der Waals surface area contributed by atoms with Gasteiger partial charge in [-0.1, -0.05) is 38.1 Å². The highest BCUT2D eigenvalue weighted by Crippen LogP contribution is 2.44. The molecule has 0 radical (unpaired) electrons. The highest BCUT2D eigenvalue weighted by atomic mass is 32.2. The number of rotatable bonds is 2.